The summed E-state index contributed by atoms with van der Waals surface area (Å²) in [5, 5.41) is 2.90. The highest BCUT2D eigenvalue weighted by molar-refractivity contribution is 7.90. The van der Waals surface area contributed by atoms with Crippen LogP contribution in [0.5, 0.6) is 0 Å². The Kier molecular flexibility index (Phi) is 6.81. The normalized spacial score (nSPS) is 13.0. The highest BCUT2D eigenvalue weighted by Crippen LogP contribution is 2.27. The molecule has 0 aliphatic rings. The fraction of sp³-hybridized carbons (Fsp3) is 0.611. The average molecular weight is 388 g/mol. The Labute approximate surface area is 156 Å². The summed E-state index contributed by atoms with van der Waals surface area (Å²) in [5.41, 5.74) is -0.265. The minimum atomic E-state index is -3.91. The zero-order chi connectivity index (χ0) is 20.3. The van der Waals surface area contributed by atoms with E-state index in [9.17, 15) is 17.6 Å². The number of carbonyl (C=O) groups excluding carboxylic acids is 1. The molecule has 0 aromatic heterocycles. The third kappa shape index (κ3) is 6.57. The van der Waals surface area contributed by atoms with E-state index in [1.807, 2.05) is 13.8 Å². The summed E-state index contributed by atoms with van der Waals surface area (Å²) in [4.78, 5) is 12.6. The van der Waals surface area contributed by atoms with Crippen molar-refractivity contribution in [3.63, 3.8) is 0 Å². The number of benzene rings is 1. The topological polar surface area (TPSA) is 69.7 Å². The first kappa shape index (κ1) is 22.4. The highest BCUT2D eigenvalue weighted by Gasteiger charge is 2.31. The molecule has 0 saturated carbocycles. The van der Waals surface area contributed by atoms with Gasteiger partial charge in [-0.1, -0.05) is 20.8 Å². The first-order valence-electron chi connectivity index (χ1n) is 8.41. The quantitative estimate of drug-likeness (QED) is 0.782. The number of carbonyl (C=O) groups is 1. The van der Waals surface area contributed by atoms with Crippen molar-refractivity contribution in [2.75, 3.05) is 24.9 Å². The fourth-order valence-corrected chi connectivity index (χ4v) is 4.09. The SMILES string of the molecule is CN(C)S(=O)(=O)N(CC(=O)NC(C)(C)CC(C)(C)C)c1ccc(F)cc1. The first-order valence-corrected chi connectivity index (χ1v) is 9.80. The number of rotatable bonds is 7. The second-order valence-corrected chi connectivity index (χ2v) is 10.5. The molecule has 8 heteroatoms. The molecule has 1 rings (SSSR count). The maximum absolute atomic E-state index is 13.2. The van der Waals surface area contributed by atoms with Gasteiger partial charge in [0.1, 0.15) is 12.4 Å². The Morgan fingerprint density at radius 3 is 2.00 bits per heavy atom. The van der Waals surface area contributed by atoms with E-state index in [4.69, 9.17) is 0 Å². The third-order valence-corrected chi connectivity index (χ3v) is 5.41. The Hall–Kier alpha value is -1.67. The standard InChI is InChI=1S/C18H30FN3O3S/c1-17(2,3)13-18(4,5)20-16(23)12-22(26(24,25)21(6)7)15-10-8-14(19)9-11-15/h8-11H,12-13H2,1-7H3,(H,20,23). The second kappa shape index (κ2) is 7.92. The van der Waals surface area contributed by atoms with Gasteiger partial charge in [-0.3, -0.25) is 4.79 Å². The van der Waals surface area contributed by atoms with Crippen molar-refractivity contribution >= 4 is 21.8 Å². The van der Waals surface area contributed by atoms with Gasteiger partial charge in [0.2, 0.25) is 5.91 Å². The van der Waals surface area contributed by atoms with Gasteiger partial charge in [-0.05, 0) is 49.9 Å². The van der Waals surface area contributed by atoms with Crippen LogP contribution in [0.2, 0.25) is 0 Å². The number of hydrogen-bond donors (Lipinski definition) is 1. The molecule has 26 heavy (non-hydrogen) atoms. The second-order valence-electron chi connectivity index (χ2n) is 8.44. The van der Waals surface area contributed by atoms with Crippen LogP contribution >= 0.6 is 0 Å². The van der Waals surface area contributed by atoms with E-state index in [2.05, 4.69) is 26.1 Å². The van der Waals surface area contributed by atoms with Crippen LogP contribution in [-0.2, 0) is 15.0 Å². The predicted molar refractivity (Wildman–Crippen MR) is 103 cm³/mol. The van der Waals surface area contributed by atoms with Gasteiger partial charge >= 0.3 is 10.2 Å². The Bertz CT molecular complexity index is 723. The van der Waals surface area contributed by atoms with Crippen molar-refractivity contribution in [1.82, 2.24) is 9.62 Å². The molecule has 0 radical (unpaired) electrons. The average Bonchev–Trinajstić information content (AvgIpc) is 2.42. The van der Waals surface area contributed by atoms with E-state index >= 15 is 0 Å². The lowest BCUT2D eigenvalue weighted by molar-refractivity contribution is -0.121. The van der Waals surface area contributed by atoms with Crippen molar-refractivity contribution in [1.29, 1.82) is 0 Å². The summed E-state index contributed by atoms with van der Waals surface area (Å²) < 4.78 is 40.4. The fourth-order valence-electron chi connectivity index (χ4n) is 3.03. The van der Waals surface area contributed by atoms with Gasteiger partial charge < -0.3 is 5.32 Å². The van der Waals surface area contributed by atoms with E-state index < -0.39 is 27.5 Å². The summed E-state index contributed by atoms with van der Waals surface area (Å²) in [6, 6.07) is 5.00. The van der Waals surface area contributed by atoms with Crippen LogP contribution in [-0.4, -0.2) is 44.8 Å². The molecule has 0 fully saturated rings. The number of anilines is 1. The monoisotopic (exact) mass is 387 g/mol. The van der Waals surface area contributed by atoms with Crippen LogP contribution in [0.1, 0.15) is 41.0 Å². The number of nitrogens with one attached hydrogen (secondary N) is 1. The lowest BCUT2D eigenvalue weighted by Gasteiger charge is -2.34. The summed E-state index contributed by atoms with van der Waals surface area (Å²) in [5.74, 6) is -0.902. The molecule has 1 aromatic rings. The lowest BCUT2D eigenvalue weighted by Crippen LogP contribution is -2.51. The van der Waals surface area contributed by atoms with Crippen LogP contribution in [0.3, 0.4) is 0 Å². The van der Waals surface area contributed by atoms with Crippen molar-refractivity contribution in [2.24, 2.45) is 5.41 Å². The highest BCUT2D eigenvalue weighted by atomic mass is 32.2. The van der Waals surface area contributed by atoms with Gasteiger partial charge in [0, 0.05) is 19.6 Å². The molecular weight excluding hydrogens is 357 g/mol. The Morgan fingerprint density at radius 2 is 1.58 bits per heavy atom. The van der Waals surface area contributed by atoms with Crippen LogP contribution in [0.4, 0.5) is 10.1 Å². The number of nitrogens with zero attached hydrogens (tertiary/aromatic N) is 2. The molecule has 1 amide bonds. The van der Waals surface area contributed by atoms with Gasteiger partial charge in [0.25, 0.3) is 0 Å². The van der Waals surface area contributed by atoms with E-state index in [0.717, 1.165) is 27.2 Å². The number of amides is 1. The molecule has 0 bridgehead atoms. The molecular formula is C18H30FN3O3S. The summed E-state index contributed by atoms with van der Waals surface area (Å²) in [6.07, 6.45) is 0.725. The van der Waals surface area contributed by atoms with Gasteiger partial charge in [-0.2, -0.15) is 12.7 Å². The molecule has 0 unspecified atom stereocenters. The first-order chi connectivity index (χ1) is 11.6. The maximum Gasteiger partial charge on any atom is 0.304 e. The molecule has 148 valence electrons. The van der Waals surface area contributed by atoms with Crippen molar-refractivity contribution in [2.45, 2.75) is 46.6 Å². The minimum absolute atomic E-state index is 0.00311. The van der Waals surface area contributed by atoms with E-state index in [0.29, 0.717) is 0 Å². The molecule has 1 aromatic carbocycles. The van der Waals surface area contributed by atoms with Crippen LogP contribution in [0.25, 0.3) is 0 Å². The molecule has 0 atom stereocenters. The van der Waals surface area contributed by atoms with Crippen molar-refractivity contribution in [3.8, 4) is 0 Å². The summed E-state index contributed by atoms with van der Waals surface area (Å²) >= 11 is 0. The van der Waals surface area contributed by atoms with E-state index in [-0.39, 0.29) is 17.6 Å². The zero-order valence-corrected chi connectivity index (χ0v) is 17.4. The van der Waals surface area contributed by atoms with Crippen LogP contribution in [0.15, 0.2) is 24.3 Å². The number of halogens is 1. The third-order valence-electron chi connectivity index (χ3n) is 3.59. The molecule has 0 aliphatic heterocycles. The predicted octanol–water partition coefficient (Wildman–Crippen LogP) is 2.77. The molecule has 6 nitrogen and oxygen atoms in total. The molecule has 0 aliphatic carbocycles. The van der Waals surface area contributed by atoms with Gasteiger partial charge in [0.05, 0.1) is 5.69 Å². The van der Waals surface area contributed by atoms with Crippen LogP contribution < -0.4 is 9.62 Å². The molecule has 0 heterocycles. The summed E-state index contributed by atoms with van der Waals surface area (Å²) in [6.45, 7) is 9.63. The molecule has 0 spiro atoms. The Balaban J connectivity index is 3.07. The van der Waals surface area contributed by atoms with Crippen molar-refractivity contribution < 1.29 is 17.6 Å². The van der Waals surface area contributed by atoms with Gasteiger partial charge in [-0.25, -0.2) is 8.70 Å². The molecule has 0 saturated heterocycles. The maximum atomic E-state index is 13.2. The zero-order valence-electron chi connectivity index (χ0n) is 16.6. The van der Waals surface area contributed by atoms with Gasteiger partial charge in [-0.15, -0.1) is 0 Å². The van der Waals surface area contributed by atoms with Crippen LogP contribution in [0, 0.1) is 11.2 Å². The van der Waals surface area contributed by atoms with E-state index in [1.165, 1.54) is 26.2 Å². The van der Waals surface area contributed by atoms with Crippen molar-refractivity contribution in [3.05, 3.63) is 30.1 Å². The lowest BCUT2D eigenvalue weighted by atomic mass is 9.82. The Morgan fingerprint density at radius 1 is 1.08 bits per heavy atom. The minimum Gasteiger partial charge on any atom is -0.350 e. The summed E-state index contributed by atoms with van der Waals surface area (Å²) in [7, 11) is -1.14. The largest absolute Gasteiger partial charge is 0.350 e. The smallest absolute Gasteiger partial charge is 0.304 e. The molecule has 1 N–H and O–H groups in total. The van der Waals surface area contributed by atoms with E-state index in [1.54, 1.807) is 0 Å². The van der Waals surface area contributed by atoms with Gasteiger partial charge in [0.15, 0.2) is 0 Å². The number of hydrogen-bond acceptors (Lipinski definition) is 3.